The number of nitrogens with zero attached hydrogens (tertiary/aromatic N) is 1. The zero-order chi connectivity index (χ0) is 12.2. The van der Waals surface area contributed by atoms with Crippen molar-refractivity contribution in [1.29, 1.82) is 0 Å². The topological polar surface area (TPSA) is 34.2 Å². The minimum atomic E-state index is 0.394. The highest BCUT2D eigenvalue weighted by molar-refractivity contribution is 5.78. The van der Waals surface area contributed by atoms with Crippen LogP contribution in [-0.4, -0.2) is 24.2 Å². The number of benzene rings is 1. The number of hydrogen-bond acceptors (Lipinski definition) is 3. The van der Waals surface area contributed by atoms with Gasteiger partial charge in [-0.2, -0.15) is 0 Å². The smallest absolute Gasteiger partial charge is 0.0705 e. The molecule has 18 heavy (non-hydrogen) atoms. The van der Waals surface area contributed by atoms with Gasteiger partial charge in [-0.1, -0.05) is 24.3 Å². The Kier molecular flexibility index (Phi) is 3.53. The van der Waals surface area contributed by atoms with Gasteiger partial charge in [-0.3, -0.25) is 4.98 Å². The molecule has 0 aliphatic carbocycles. The van der Waals surface area contributed by atoms with E-state index in [4.69, 9.17) is 4.74 Å². The predicted octanol–water partition coefficient (Wildman–Crippen LogP) is 2.50. The van der Waals surface area contributed by atoms with E-state index in [0.717, 1.165) is 30.9 Å². The van der Waals surface area contributed by atoms with Gasteiger partial charge in [0.15, 0.2) is 0 Å². The van der Waals surface area contributed by atoms with Crippen LogP contribution in [0.1, 0.15) is 18.5 Å². The van der Waals surface area contributed by atoms with Gasteiger partial charge in [0.25, 0.3) is 0 Å². The van der Waals surface area contributed by atoms with E-state index in [0.29, 0.717) is 6.10 Å². The molecule has 1 aliphatic heterocycles. The normalized spacial score (nSPS) is 19.4. The van der Waals surface area contributed by atoms with E-state index >= 15 is 0 Å². The lowest BCUT2D eigenvalue weighted by molar-refractivity contribution is 0.110. The average Bonchev–Trinajstić information content (AvgIpc) is 2.92. The molecule has 0 saturated carbocycles. The first-order valence-electron chi connectivity index (χ1n) is 6.59. The first-order valence-corrected chi connectivity index (χ1v) is 6.59. The summed E-state index contributed by atoms with van der Waals surface area (Å²) in [5.74, 6) is 0. The molecule has 2 aromatic rings. The largest absolute Gasteiger partial charge is 0.377 e. The van der Waals surface area contributed by atoms with Crippen LogP contribution in [0.25, 0.3) is 10.9 Å². The van der Waals surface area contributed by atoms with E-state index in [1.54, 1.807) is 0 Å². The van der Waals surface area contributed by atoms with Crippen LogP contribution in [0.4, 0.5) is 0 Å². The van der Waals surface area contributed by atoms with Gasteiger partial charge in [0.05, 0.1) is 17.3 Å². The third kappa shape index (κ3) is 2.68. The Hall–Kier alpha value is -1.45. The van der Waals surface area contributed by atoms with Crippen molar-refractivity contribution < 1.29 is 4.74 Å². The first kappa shape index (κ1) is 11.6. The Balaban J connectivity index is 1.60. The highest BCUT2D eigenvalue weighted by Gasteiger charge is 2.14. The molecule has 1 N–H and O–H groups in total. The molecule has 1 unspecified atom stereocenters. The molecule has 1 aromatic heterocycles. The maximum Gasteiger partial charge on any atom is 0.0705 e. The van der Waals surface area contributed by atoms with Crippen molar-refractivity contribution in [3.05, 3.63) is 42.1 Å². The molecule has 94 valence electrons. The summed E-state index contributed by atoms with van der Waals surface area (Å²) in [5, 5.41) is 4.62. The Morgan fingerprint density at radius 1 is 1.22 bits per heavy atom. The molecule has 1 atom stereocenters. The van der Waals surface area contributed by atoms with Crippen molar-refractivity contribution in [3.63, 3.8) is 0 Å². The molecule has 1 fully saturated rings. The maximum absolute atomic E-state index is 5.58. The number of aromatic nitrogens is 1. The Bertz CT molecular complexity index is 521. The third-order valence-electron chi connectivity index (χ3n) is 3.36. The average molecular weight is 242 g/mol. The standard InChI is InChI=1S/C15H18N2O/c1-2-6-15-12(4-1)7-8-13(17-15)10-16-11-14-5-3-9-18-14/h1-2,4,6-8,14,16H,3,5,9-11H2. The maximum atomic E-state index is 5.58. The quantitative estimate of drug-likeness (QED) is 0.894. The SMILES string of the molecule is c1ccc2nc(CNCC3CCCO3)ccc2c1. The van der Waals surface area contributed by atoms with Crippen LogP contribution in [-0.2, 0) is 11.3 Å². The van der Waals surface area contributed by atoms with Crippen LogP contribution in [0.5, 0.6) is 0 Å². The molecule has 1 aliphatic rings. The summed E-state index contributed by atoms with van der Waals surface area (Å²) in [4.78, 5) is 4.64. The van der Waals surface area contributed by atoms with Gasteiger partial charge in [0.1, 0.15) is 0 Å². The van der Waals surface area contributed by atoms with Gasteiger partial charge in [-0.15, -0.1) is 0 Å². The summed E-state index contributed by atoms with van der Waals surface area (Å²) in [6.45, 7) is 2.65. The molecule has 2 heterocycles. The van der Waals surface area contributed by atoms with Crippen LogP contribution in [0.15, 0.2) is 36.4 Å². The summed E-state index contributed by atoms with van der Waals surface area (Å²) in [6, 6.07) is 12.4. The lowest BCUT2D eigenvalue weighted by atomic mass is 10.2. The minimum Gasteiger partial charge on any atom is -0.377 e. The molecule has 3 heteroatoms. The van der Waals surface area contributed by atoms with E-state index in [2.05, 4.69) is 34.6 Å². The van der Waals surface area contributed by atoms with Crippen molar-refractivity contribution in [3.8, 4) is 0 Å². The van der Waals surface area contributed by atoms with Crippen LogP contribution in [0.3, 0.4) is 0 Å². The van der Waals surface area contributed by atoms with Crippen molar-refractivity contribution in [1.82, 2.24) is 10.3 Å². The van der Waals surface area contributed by atoms with Gasteiger partial charge in [0.2, 0.25) is 0 Å². The summed E-state index contributed by atoms with van der Waals surface area (Å²) in [6.07, 6.45) is 2.77. The zero-order valence-electron chi connectivity index (χ0n) is 10.4. The molecule has 1 aromatic carbocycles. The second kappa shape index (κ2) is 5.46. The molecule has 3 nitrogen and oxygen atoms in total. The highest BCUT2D eigenvalue weighted by Crippen LogP contribution is 2.13. The molecule has 1 saturated heterocycles. The Morgan fingerprint density at radius 2 is 2.17 bits per heavy atom. The highest BCUT2D eigenvalue weighted by atomic mass is 16.5. The number of ether oxygens (including phenoxy) is 1. The van der Waals surface area contributed by atoms with Crippen molar-refractivity contribution >= 4 is 10.9 Å². The van der Waals surface area contributed by atoms with Gasteiger partial charge in [0, 0.05) is 25.1 Å². The Morgan fingerprint density at radius 3 is 3.06 bits per heavy atom. The summed E-state index contributed by atoms with van der Waals surface area (Å²) < 4.78 is 5.58. The second-order valence-corrected chi connectivity index (χ2v) is 4.76. The number of rotatable bonds is 4. The lowest BCUT2D eigenvalue weighted by Gasteiger charge is -2.10. The van der Waals surface area contributed by atoms with Gasteiger partial charge in [-0.25, -0.2) is 0 Å². The van der Waals surface area contributed by atoms with Crippen LogP contribution < -0.4 is 5.32 Å². The monoisotopic (exact) mass is 242 g/mol. The van der Waals surface area contributed by atoms with E-state index in [-0.39, 0.29) is 0 Å². The number of fused-ring (bicyclic) bond motifs is 1. The van der Waals surface area contributed by atoms with Gasteiger partial charge < -0.3 is 10.1 Å². The van der Waals surface area contributed by atoms with E-state index < -0.39 is 0 Å². The summed E-state index contributed by atoms with van der Waals surface area (Å²) >= 11 is 0. The molecule has 0 bridgehead atoms. The van der Waals surface area contributed by atoms with E-state index in [1.165, 1.54) is 18.2 Å². The van der Waals surface area contributed by atoms with Gasteiger partial charge >= 0.3 is 0 Å². The fourth-order valence-electron chi connectivity index (χ4n) is 2.37. The minimum absolute atomic E-state index is 0.394. The molecule has 0 spiro atoms. The third-order valence-corrected chi connectivity index (χ3v) is 3.36. The van der Waals surface area contributed by atoms with Crippen molar-refractivity contribution in [2.75, 3.05) is 13.2 Å². The predicted molar refractivity (Wildman–Crippen MR) is 72.4 cm³/mol. The fourth-order valence-corrected chi connectivity index (χ4v) is 2.37. The molecule has 0 radical (unpaired) electrons. The number of nitrogens with one attached hydrogen (secondary N) is 1. The van der Waals surface area contributed by atoms with Crippen LogP contribution >= 0.6 is 0 Å². The van der Waals surface area contributed by atoms with E-state index in [1.807, 2.05) is 12.1 Å². The first-order chi connectivity index (χ1) is 8.92. The van der Waals surface area contributed by atoms with Crippen molar-refractivity contribution in [2.24, 2.45) is 0 Å². The van der Waals surface area contributed by atoms with Gasteiger partial charge in [-0.05, 0) is 25.0 Å². The number of pyridine rings is 1. The molecular formula is C15H18N2O. The fraction of sp³-hybridized carbons (Fsp3) is 0.400. The lowest BCUT2D eigenvalue weighted by Crippen LogP contribution is -2.26. The molecular weight excluding hydrogens is 224 g/mol. The molecule has 3 rings (SSSR count). The van der Waals surface area contributed by atoms with E-state index in [9.17, 15) is 0 Å². The molecule has 0 amide bonds. The van der Waals surface area contributed by atoms with Crippen LogP contribution in [0, 0.1) is 0 Å². The van der Waals surface area contributed by atoms with Crippen molar-refractivity contribution in [2.45, 2.75) is 25.5 Å². The second-order valence-electron chi connectivity index (χ2n) is 4.76. The number of para-hydroxylation sites is 1. The van der Waals surface area contributed by atoms with Crippen LogP contribution in [0.2, 0.25) is 0 Å². The zero-order valence-corrected chi connectivity index (χ0v) is 10.4. The number of hydrogen-bond donors (Lipinski definition) is 1. The Labute approximate surface area is 107 Å². The summed E-state index contributed by atoms with van der Waals surface area (Å²) in [5.41, 5.74) is 2.15. The summed E-state index contributed by atoms with van der Waals surface area (Å²) in [7, 11) is 0.